The highest BCUT2D eigenvalue weighted by Gasteiger charge is 2.17. The number of likely N-dealkylation sites (N-methyl/N-ethyl adjacent to an activating group) is 1. The van der Waals surface area contributed by atoms with Gasteiger partial charge in [0.2, 0.25) is 5.91 Å². The van der Waals surface area contributed by atoms with E-state index in [9.17, 15) is 14.0 Å². The summed E-state index contributed by atoms with van der Waals surface area (Å²) in [5, 5.41) is 6.02. The average molecular weight is 412 g/mol. The van der Waals surface area contributed by atoms with Gasteiger partial charge >= 0.3 is 6.03 Å². The van der Waals surface area contributed by atoms with Gasteiger partial charge in [-0.1, -0.05) is 41.4 Å². The Hall–Kier alpha value is -2.31. The van der Waals surface area contributed by atoms with Gasteiger partial charge in [0.05, 0.1) is 15.7 Å². The molecular formula is C19H20Cl2FN3O2. The molecule has 0 heterocycles. The minimum atomic E-state index is -0.402. The number of halogens is 3. The number of carbonyl (C=O) groups is 2. The molecular weight excluding hydrogens is 392 g/mol. The highest BCUT2D eigenvalue weighted by atomic mass is 35.5. The number of amides is 3. The second-order valence-electron chi connectivity index (χ2n) is 5.77. The number of benzene rings is 2. The first kappa shape index (κ1) is 21.0. The van der Waals surface area contributed by atoms with E-state index >= 15 is 0 Å². The standard InChI is InChI=1S/C19H20Cl2FN3O2/c1-2-25(12-17(26)24-18-15(20)4-3-5-16(18)21)19(27)23-11-10-13-6-8-14(22)9-7-13/h3-9H,2,10-12H2,1H3,(H,23,27)(H,24,26). The van der Waals surface area contributed by atoms with E-state index in [1.807, 2.05) is 0 Å². The fourth-order valence-corrected chi connectivity index (χ4v) is 2.87. The minimum Gasteiger partial charge on any atom is -0.338 e. The summed E-state index contributed by atoms with van der Waals surface area (Å²) in [6.07, 6.45) is 0.561. The van der Waals surface area contributed by atoms with Crippen LogP contribution in [0, 0.1) is 5.82 Å². The molecule has 0 saturated carbocycles. The van der Waals surface area contributed by atoms with E-state index in [4.69, 9.17) is 23.2 Å². The first-order valence-corrected chi connectivity index (χ1v) is 9.17. The Morgan fingerprint density at radius 2 is 1.70 bits per heavy atom. The molecule has 0 bridgehead atoms. The molecule has 2 rings (SSSR count). The molecule has 0 aliphatic rings. The van der Waals surface area contributed by atoms with E-state index < -0.39 is 5.91 Å². The van der Waals surface area contributed by atoms with Crippen LogP contribution in [0.5, 0.6) is 0 Å². The fraction of sp³-hybridized carbons (Fsp3) is 0.263. The molecule has 144 valence electrons. The molecule has 0 aliphatic heterocycles. The van der Waals surface area contributed by atoms with Crippen LogP contribution in [0.2, 0.25) is 10.0 Å². The van der Waals surface area contributed by atoms with Crippen LogP contribution >= 0.6 is 23.2 Å². The Labute approximate surface area is 167 Å². The molecule has 0 aromatic heterocycles. The summed E-state index contributed by atoms with van der Waals surface area (Å²) in [7, 11) is 0. The van der Waals surface area contributed by atoms with Crippen molar-refractivity contribution in [3.63, 3.8) is 0 Å². The monoisotopic (exact) mass is 411 g/mol. The van der Waals surface area contributed by atoms with Gasteiger partial charge in [-0.25, -0.2) is 9.18 Å². The Morgan fingerprint density at radius 3 is 2.30 bits per heavy atom. The summed E-state index contributed by atoms with van der Waals surface area (Å²) < 4.78 is 12.9. The smallest absolute Gasteiger partial charge is 0.317 e. The van der Waals surface area contributed by atoms with Gasteiger partial charge in [-0.3, -0.25) is 4.79 Å². The van der Waals surface area contributed by atoms with Crippen molar-refractivity contribution >= 4 is 40.8 Å². The van der Waals surface area contributed by atoms with Gasteiger partial charge in [0, 0.05) is 13.1 Å². The minimum absolute atomic E-state index is 0.138. The Balaban J connectivity index is 1.85. The molecule has 2 aromatic rings. The van der Waals surface area contributed by atoms with Gasteiger partial charge in [0.15, 0.2) is 0 Å². The van der Waals surface area contributed by atoms with Crippen molar-refractivity contribution in [3.8, 4) is 0 Å². The predicted molar refractivity (Wildman–Crippen MR) is 106 cm³/mol. The fourth-order valence-electron chi connectivity index (χ4n) is 2.37. The van der Waals surface area contributed by atoms with E-state index in [0.717, 1.165) is 5.56 Å². The van der Waals surface area contributed by atoms with E-state index in [-0.39, 0.29) is 18.4 Å². The number of hydrogen-bond donors (Lipinski definition) is 2. The number of nitrogens with one attached hydrogen (secondary N) is 2. The molecule has 8 heteroatoms. The lowest BCUT2D eigenvalue weighted by atomic mass is 10.1. The van der Waals surface area contributed by atoms with Crippen molar-refractivity contribution in [2.45, 2.75) is 13.3 Å². The van der Waals surface area contributed by atoms with Gasteiger partial charge in [0.1, 0.15) is 12.4 Å². The maximum absolute atomic E-state index is 12.9. The first-order valence-electron chi connectivity index (χ1n) is 8.41. The second-order valence-corrected chi connectivity index (χ2v) is 6.58. The molecule has 0 atom stereocenters. The van der Waals surface area contributed by atoms with Crippen LogP contribution in [0.4, 0.5) is 14.9 Å². The molecule has 27 heavy (non-hydrogen) atoms. The van der Waals surface area contributed by atoms with Gasteiger partial charge in [-0.05, 0) is 43.2 Å². The highest BCUT2D eigenvalue weighted by molar-refractivity contribution is 6.39. The molecule has 2 N–H and O–H groups in total. The normalized spacial score (nSPS) is 10.4. The van der Waals surface area contributed by atoms with Gasteiger partial charge < -0.3 is 15.5 Å². The topological polar surface area (TPSA) is 61.4 Å². The van der Waals surface area contributed by atoms with Gasteiger partial charge in [-0.15, -0.1) is 0 Å². The number of anilines is 1. The Kier molecular flexibility index (Phi) is 7.88. The van der Waals surface area contributed by atoms with Crippen LogP contribution in [-0.2, 0) is 11.2 Å². The number of hydrogen-bond acceptors (Lipinski definition) is 2. The van der Waals surface area contributed by atoms with Crippen LogP contribution in [0.25, 0.3) is 0 Å². The molecule has 5 nitrogen and oxygen atoms in total. The van der Waals surface area contributed by atoms with Gasteiger partial charge in [0.25, 0.3) is 0 Å². The second kappa shape index (κ2) is 10.1. The van der Waals surface area contributed by atoms with Crippen LogP contribution in [0.15, 0.2) is 42.5 Å². The molecule has 0 saturated heterocycles. The molecule has 2 aromatic carbocycles. The lowest BCUT2D eigenvalue weighted by Gasteiger charge is -2.21. The van der Waals surface area contributed by atoms with Crippen molar-refractivity contribution in [1.82, 2.24) is 10.2 Å². The third-order valence-electron chi connectivity index (χ3n) is 3.83. The third-order valence-corrected chi connectivity index (χ3v) is 4.46. The van der Waals surface area contributed by atoms with Crippen LogP contribution in [0.1, 0.15) is 12.5 Å². The van der Waals surface area contributed by atoms with Gasteiger partial charge in [-0.2, -0.15) is 0 Å². The van der Waals surface area contributed by atoms with E-state index in [0.29, 0.717) is 35.2 Å². The lowest BCUT2D eigenvalue weighted by Crippen LogP contribution is -2.44. The lowest BCUT2D eigenvalue weighted by molar-refractivity contribution is -0.116. The van der Waals surface area contributed by atoms with Crippen LogP contribution in [0.3, 0.4) is 0 Å². The van der Waals surface area contributed by atoms with Crippen LogP contribution in [-0.4, -0.2) is 36.5 Å². The molecule has 0 spiro atoms. The van der Waals surface area contributed by atoms with E-state index in [2.05, 4.69) is 10.6 Å². The molecule has 0 fully saturated rings. The van der Waals surface area contributed by atoms with Crippen LogP contribution < -0.4 is 10.6 Å². The van der Waals surface area contributed by atoms with Crippen molar-refractivity contribution in [2.75, 3.05) is 25.0 Å². The van der Waals surface area contributed by atoms with E-state index in [1.165, 1.54) is 17.0 Å². The number of nitrogens with zero attached hydrogens (tertiary/aromatic N) is 1. The molecule has 3 amide bonds. The van der Waals surface area contributed by atoms with Crippen molar-refractivity contribution < 1.29 is 14.0 Å². The first-order chi connectivity index (χ1) is 12.9. The Bertz CT molecular complexity index is 780. The summed E-state index contributed by atoms with van der Waals surface area (Å²) in [6.45, 7) is 2.36. The number of urea groups is 1. The summed E-state index contributed by atoms with van der Waals surface area (Å²) >= 11 is 12.1. The maximum atomic E-state index is 12.9. The predicted octanol–water partition coefficient (Wildman–Crippen LogP) is 4.35. The number of rotatable bonds is 7. The van der Waals surface area contributed by atoms with Crippen molar-refractivity contribution in [1.29, 1.82) is 0 Å². The summed E-state index contributed by atoms with van der Waals surface area (Å²) in [5.41, 5.74) is 1.23. The summed E-state index contributed by atoms with van der Waals surface area (Å²) in [5.74, 6) is -0.704. The number of carbonyl (C=O) groups excluding carboxylic acids is 2. The SMILES string of the molecule is CCN(CC(=O)Nc1c(Cl)cccc1Cl)C(=O)NCCc1ccc(F)cc1. The average Bonchev–Trinajstić information content (AvgIpc) is 2.64. The third kappa shape index (κ3) is 6.41. The Morgan fingerprint density at radius 1 is 1.07 bits per heavy atom. The maximum Gasteiger partial charge on any atom is 0.317 e. The van der Waals surface area contributed by atoms with Crippen molar-refractivity contribution in [3.05, 3.63) is 63.9 Å². The summed E-state index contributed by atoms with van der Waals surface area (Å²) in [4.78, 5) is 25.9. The molecule has 0 radical (unpaired) electrons. The quantitative estimate of drug-likeness (QED) is 0.711. The van der Waals surface area contributed by atoms with Crippen molar-refractivity contribution in [2.24, 2.45) is 0 Å². The zero-order valence-electron chi connectivity index (χ0n) is 14.8. The van der Waals surface area contributed by atoms with E-state index in [1.54, 1.807) is 37.3 Å². The largest absolute Gasteiger partial charge is 0.338 e. The molecule has 0 unspecified atom stereocenters. The number of para-hydroxylation sites is 1. The summed E-state index contributed by atoms with van der Waals surface area (Å²) in [6, 6.07) is 10.6. The zero-order chi connectivity index (χ0) is 19.8. The zero-order valence-corrected chi connectivity index (χ0v) is 16.3. The molecule has 0 aliphatic carbocycles. The highest BCUT2D eigenvalue weighted by Crippen LogP contribution is 2.29.